The van der Waals surface area contributed by atoms with E-state index in [9.17, 15) is 14.7 Å². The van der Waals surface area contributed by atoms with Gasteiger partial charge in [-0.1, -0.05) is 0 Å². The van der Waals surface area contributed by atoms with E-state index >= 15 is 0 Å². The molecule has 1 amide bonds. The van der Waals surface area contributed by atoms with Crippen molar-refractivity contribution >= 4 is 29.8 Å². The van der Waals surface area contributed by atoms with Crippen LogP contribution < -0.4 is 15.8 Å². The number of carboxylic acid groups (broad SMARTS) is 1. The maximum Gasteiger partial charge on any atom is 0.407 e. The SMILES string of the molecule is COc1cc(C)c(-c2cc(SCCNC(=O)OC(C)(C)C)nc(N)n2)cc1C(=O)O. The number of rotatable bonds is 7. The van der Waals surface area contributed by atoms with E-state index in [1.54, 1.807) is 32.9 Å². The number of ether oxygens (including phenoxy) is 2. The minimum atomic E-state index is -1.10. The number of anilines is 1. The molecule has 9 nitrogen and oxygen atoms in total. The van der Waals surface area contributed by atoms with E-state index in [1.807, 2.05) is 6.92 Å². The standard InChI is InChI=1S/C20H26N4O5S/c1-11-8-15(28-5)13(17(25)26)9-12(11)14-10-16(24-18(21)23-14)30-7-6-22-19(27)29-20(2,3)4/h8-10H,6-7H2,1-5H3,(H,22,27)(H,25,26)(H2,21,23,24). The molecule has 1 aromatic carbocycles. The Balaban J connectivity index is 2.15. The number of methoxy groups -OCH3 is 1. The number of nitrogens with zero attached hydrogens (tertiary/aromatic N) is 2. The van der Waals surface area contributed by atoms with Crippen LogP contribution in [0.15, 0.2) is 23.2 Å². The summed E-state index contributed by atoms with van der Waals surface area (Å²) >= 11 is 1.39. The van der Waals surface area contributed by atoms with Crippen LogP contribution in [0.5, 0.6) is 5.75 Å². The molecule has 0 saturated heterocycles. The van der Waals surface area contributed by atoms with Gasteiger partial charge in [-0.05, 0) is 51.5 Å². The Bertz CT molecular complexity index is 944. The molecule has 1 heterocycles. The first kappa shape index (κ1) is 23.3. The molecule has 1 aromatic heterocycles. The summed E-state index contributed by atoms with van der Waals surface area (Å²) < 4.78 is 10.3. The van der Waals surface area contributed by atoms with E-state index in [1.165, 1.54) is 24.9 Å². The molecule has 0 aliphatic heterocycles. The van der Waals surface area contributed by atoms with E-state index < -0.39 is 17.7 Å². The molecule has 4 N–H and O–H groups in total. The number of benzene rings is 1. The monoisotopic (exact) mass is 434 g/mol. The molecule has 0 radical (unpaired) electrons. The van der Waals surface area contributed by atoms with Crippen LogP contribution in [-0.4, -0.2) is 52.1 Å². The largest absolute Gasteiger partial charge is 0.496 e. The molecule has 10 heteroatoms. The van der Waals surface area contributed by atoms with E-state index in [-0.39, 0.29) is 17.3 Å². The molecule has 0 unspecified atom stereocenters. The number of nitrogens with one attached hydrogen (secondary N) is 1. The summed E-state index contributed by atoms with van der Waals surface area (Å²) in [6.45, 7) is 7.60. The minimum absolute atomic E-state index is 0.0334. The summed E-state index contributed by atoms with van der Waals surface area (Å²) in [7, 11) is 1.42. The lowest BCUT2D eigenvalue weighted by Crippen LogP contribution is -2.33. The fraction of sp³-hybridized carbons (Fsp3) is 0.400. The van der Waals surface area contributed by atoms with Crippen molar-refractivity contribution in [2.45, 2.75) is 38.3 Å². The number of nitrogen functional groups attached to an aromatic ring is 1. The van der Waals surface area contributed by atoms with Gasteiger partial charge < -0.3 is 25.6 Å². The number of aromatic carboxylic acids is 1. The fourth-order valence-electron chi connectivity index (χ4n) is 2.57. The van der Waals surface area contributed by atoms with Crippen molar-refractivity contribution in [2.75, 3.05) is 25.1 Å². The first-order valence-corrected chi connectivity index (χ1v) is 10.1. The number of alkyl carbamates (subject to hydrolysis) is 1. The van der Waals surface area contributed by atoms with Gasteiger partial charge in [-0.15, -0.1) is 11.8 Å². The Kier molecular flexibility index (Phi) is 7.49. The van der Waals surface area contributed by atoms with Crippen molar-refractivity contribution in [2.24, 2.45) is 0 Å². The lowest BCUT2D eigenvalue weighted by atomic mass is 10.0. The molecule has 0 aliphatic rings. The maximum absolute atomic E-state index is 11.7. The summed E-state index contributed by atoms with van der Waals surface area (Å²) in [5.41, 5.74) is 7.25. The fourth-order valence-corrected chi connectivity index (χ4v) is 3.34. The zero-order chi connectivity index (χ0) is 22.5. The molecule has 162 valence electrons. The van der Waals surface area contributed by atoms with Gasteiger partial charge in [-0.2, -0.15) is 0 Å². The van der Waals surface area contributed by atoms with E-state index in [0.717, 1.165) is 5.56 Å². The van der Waals surface area contributed by atoms with Crippen molar-refractivity contribution < 1.29 is 24.2 Å². The molecule has 0 bridgehead atoms. The number of amides is 1. The molecule has 0 atom stereocenters. The second kappa shape index (κ2) is 9.66. The zero-order valence-corrected chi connectivity index (χ0v) is 18.4. The van der Waals surface area contributed by atoms with Crippen LogP contribution >= 0.6 is 11.8 Å². The molecule has 0 aliphatic carbocycles. The number of carbonyl (C=O) groups is 2. The van der Waals surface area contributed by atoms with Crippen molar-refractivity contribution in [3.05, 3.63) is 29.3 Å². The highest BCUT2D eigenvalue weighted by atomic mass is 32.2. The second-order valence-corrected chi connectivity index (χ2v) is 8.51. The molecule has 0 spiro atoms. The van der Waals surface area contributed by atoms with Crippen molar-refractivity contribution in [3.8, 4) is 17.0 Å². The Morgan fingerprint density at radius 2 is 1.93 bits per heavy atom. The highest BCUT2D eigenvalue weighted by molar-refractivity contribution is 7.99. The van der Waals surface area contributed by atoms with Gasteiger partial charge in [-0.3, -0.25) is 0 Å². The number of carbonyl (C=O) groups excluding carboxylic acids is 1. The quantitative estimate of drug-likeness (QED) is 0.340. The Morgan fingerprint density at radius 1 is 1.23 bits per heavy atom. The maximum atomic E-state index is 11.7. The molecule has 0 fully saturated rings. The third kappa shape index (κ3) is 6.51. The van der Waals surface area contributed by atoms with E-state index in [2.05, 4.69) is 15.3 Å². The van der Waals surface area contributed by atoms with Gasteiger partial charge in [0.2, 0.25) is 5.95 Å². The van der Waals surface area contributed by atoms with Gasteiger partial charge in [0.05, 0.1) is 12.8 Å². The van der Waals surface area contributed by atoms with Crippen LogP contribution in [0.25, 0.3) is 11.3 Å². The van der Waals surface area contributed by atoms with Gasteiger partial charge in [-0.25, -0.2) is 19.6 Å². The van der Waals surface area contributed by atoms with Gasteiger partial charge in [0.1, 0.15) is 21.9 Å². The number of carboxylic acids is 1. The van der Waals surface area contributed by atoms with Crippen molar-refractivity contribution in [3.63, 3.8) is 0 Å². The Morgan fingerprint density at radius 3 is 2.53 bits per heavy atom. The first-order valence-electron chi connectivity index (χ1n) is 9.16. The first-order chi connectivity index (χ1) is 14.0. The summed E-state index contributed by atoms with van der Waals surface area (Å²) in [5, 5.41) is 12.7. The van der Waals surface area contributed by atoms with Crippen LogP contribution in [0.4, 0.5) is 10.7 Å². The number of hydrogen-bond donors (Lipinski definition) is 3. The Labute approximate surface area is 179 Å². The number of aromatic nitrogens is 2. The van der Waals surface area contributed by atoms with Gasteiger partial charge in [0, 0.05) is 17.9 Å². The molecule has 2 aromatic rings. The lowest BCUT2D eigenvalue weighted by Gasteiger charge is -2.19. The normalized spacial score (nSPS) is 11.1. The number of hydrogen-bond acceptors (Lipinski definition) is 8. The zero-order valence-electron chi connectivity index (χ0n) is 17.6. The Hall–Kier alpha value is -3.01. The number of nitrogens with two attached hydrogens (primary N) is 1. The highest BCUT2D eigenvalue weighted by Crippen LogP contribution is 2.31. The second-order valence-electron chi connectivity index (χ2n) is 7.40. The minimum Gasteiger partial charge on any atom is -0.496 e. The molecule has 0 saturated carbocycles. The van der Waals surface area contributed by atoms with E-state index in [4.69, 9.17) is 15.2 Å². The van der Waals surface area contributed by atoms with Crippen LogP contribution in [0.2, 0.25) is 0 Å². The van der Waals surface area contributed by atoms with Crippen molar-refractivity contribution in [1.82, 2.24) is 15.3 Å². The molecular weight excluding hydrogens is 408 g/mol. The molecule has 30 heavy (non-hydrogen) atoms. The summed E-state index contributed by atoms with van der Waals surface area (Å²) in [6, 6.07) is 4.89. The molecule has 2 rings (SSSR count). The lowest BCUT2D eigenvalue weighted by molar-refractivity contribution is 0.0530. The van der Waals surface area contributed by atoms with E-state index in [0.29, 0.717) is 28.6 Å². The van der Waals surface area contributed by atoms with Gasteiger partial charge in [0.25, 0.3) is 0 Å². The third-order valence-corrected chi connectivity index (χ3v) is 4.71. The summed E-state index contributed by atoms with van der Waals surface area (Å²) in [5.74, 6) is -0.217. The van der Waals surface area contributed by atoms with Gasteiger partial charge >= 0.3 is 12.1 Å². The number of thioether (sulfide) groups is 1. The summed E-state index contributed by atoms with van der Waals surface area (Å²) in [4.78, 5) is 31.7. The van der Waals surface area contributed by atoms with Crippen LogP contribution in [0.3, 0.4) is 0 Å². The smallest absolute Gasteiger partial charge is 0.407 e. The summed E-state index contributed by atoms with van der Waals surface area (Å²) in [6.07, 6.45) is -0.485. The predicted molar refractivity (Wildman–Crippen MR) is 115 cm³/mol. The van der Waals surface area contributed by atoms with Crippen LogP contribution in [0.1, 0.15) is 36.7 Å². The van der Waals surface area contributed by atoms with Crippen LogP contribution in [-0.2, 0) is 4.74 Å². The van der Waals surface area contributed by atoms with Gasteiger partial charge in [0.15, 0.2) is 0 Å². The third-order valence-electron chi connectivity index (χ3n) is 3.79. The van der Waals surface area contributed by atoms with Crippen molar-refractivity contribution in [1.29, 1.82) is 0 Å². The topological polar surface area (TPSA) is 137 Å². The number of aryl methyl sites for hydroxylation is 1. The molecular formula is C20H26N4O5S. The van der Waals surface area contributed by atoms with Crippen LogP contribution in [0, 0.1) is 6.92 Å². The predicted octanol–water partition coefficient (Wildman–Crippen LogP) is 3.36. The average Bonchev–Trinajstić information content (AvgIpc) is 2.62. The highest BCUT2D eigenvalue weighted by Gasteiger charge is 2.17. The average molecular weight is 435 g/mol.